The van der Waals surface area contributed by atoms with Gasteiger partial charge in [-0.25, -0.2) is 13.2 Å². The van der Waals surface area contributed by atoms with Crippen LogP contribution in [0.4, 0.5) is 52.7 Å². The number of hydrogen-bond donors (Lipinski definition) is 0. The van der Waals surface area contributed by atoms with Gasteiger partial charge in [-0.3, -0.25) is 0 Å². The van der Waals surface area contributed by atoms with Crippen LogP contribution in [0.3, 0.4) is 0 Å². The molecule has 0 nitrogen and oxygen atoms in total. The first kappa shape index (κ1) is 19.5. The van der Waals surface area contributed by atoms with Gasteiger partial charge in [0.25, 0.3) is 12.6 Å². The summed E-state index contributed by atoms with van der Waals surface area (Å²) in [5.41, 5.74) is 0. The van der Waals surface area contributed by atoms with E-state index in [0.29, 0.717) is 0 Å². The Morgan fingerprint density at radius 2 is 0.889 bits per heavy atom. The van der Waals surface area contributed by atoms with Gasteiger partial charge >= 0.3 is 18.5 Å². The summed E-state index contributed by atoms with van der Waals surface area (Å²) in [6.07, 6.45) is -26.4. The van der Waals surface area contributed by atoms with Crippen LogP contribution in [0, 0.1) is 0 Å². The van der Waals surface area contributed by atoms with Crippen molar-refractivity contribution in [1.29, 1.82) is 0 Å². The largest absolute Gasteiger partial charge is 0.425 e. The molecule has 0 N–H and O–H groups in total. The smallest absolute Gasteiger partial charge is 0.231 e. The van der Waals surface area contributed by atoms with E-state index in [1.54, 1.807) is 0 Å². The summed E-state index contributed by atoms with van der Waals surface area (Å²) in [7, 11) is 0. The van der Waals surface area contributed by atoms with Crippen LogP contribution in [-0.2, 0) is 0 Å². The van der Waals surface area contributed by atoms with Crippen LogP contribution in [0.1, 0.15) is 6.42 Å². The van der Waals surface area contributed by atoms with Crippen molar-refractivity contribution in [3.8, 4) is 0 Å². The molecule has 0 bridgehead atoms. The molecule has 0 radical (unpaired) electrons. The first-order chi connectivity index (χ1) is 7.56. The summed E-state index contributed by atoms with van der Waals surface area (Å²) in [6, 6.07) is 0. The maximum atomic E-state index is 11.2. The van der Waals surface area contributed by atoms with Gasteiger partial charge in [0, 0.05) is 0 Å². The summed E-state index contributed by atoms with van der Waals surface area (Å²) in [5.74, 6) is 0. The highest BCUT2D eigenvalue weighted by Crippen LogP contribution is 2.31. The highest BCUT2D eigenvalue weighted by molar-refractivity contribution is 4.67. The van der Waals surface area contributed by atoms with E-state index in [0.717, 1.165) is 0 Å². The van der Waals surface area contributed by atoms with Crippen LogP contribution in [0.5, 0.6) is 0 Å². The van der Waals surface area contributed by atoms with Crippen molar-refractivity contribution in [1.82, 2.24) is 0 Å². The Hall–Kier alpha value is -0.840. The Kier molecular flexibility index (Phi) is 6.89. The van der Waals surface area contributed by atoms with Gasteiger partial charge < -0.3 is 0 Å². The second-order valence-corrected chi connectivity index (χ2v) is 2.68. The van der Waals surface area contributed by atoms with Crippen molar-refractivity contribution in [2.24, 2.45) is 0 Å². The van der Waals surface area contributed by atoms with Gasteiger partial charge in [-0.1, -0.05) is 0 Å². The molecular formula is C6H4F12. The van der Waals surface area contributed by atoms with E-state index in [1.807, 2.05) is 0 Å². The third-order valence-electron chi connectivity index (χ3n) is 0.935. The molecule has 0 spiro atoms. The zero-order valence-corrected chi connectivity index (χ0v) is 7.90. The summed E-state index contributed by atoms with van der Waals surface area (Å²) in [5, 5.41) is 0. The number of rotatable bonds is 1. The molecule has 0 aliphatic heterocycles. The Bertz CT molecular complexity index is 206. The molecule has 0 amide bonds. The highest BCUT2D eigenvalue weighted by atomic mass is 19.4. The maximum absolute atomic E-state index is 11.2. The minimum atomic E-state index is -5.44. The topological polar surface area (TPSA) is 0 Å². The van der Waals surface area contributed by atoms with Crippen molar-refractivity contribution < 1.29 is 52.7 Å². The van der Waals surface area contributed by atoms with E-state index in [-0.39, 0.29) is 0 Å². The van der Waals surface area contributed by atoms with Crippen LogP contribution in [0.2, 0.25) is 0 Å². The third kappa shape index (κ3) is 13.2. The van der Waals surface area contributed by atoms with Crippen LogP contribution in [-0.4, -0.2) is 31.1 Å². The first-order valence-corrected chi connectivity index (χ1v) is 3.68. The van der Waals surface area contributed by atoms with Gasteiger partial charge in [0.2, 0.25) is 0 Å². The third-order valence-corrected chi connectivity index (χ3v) is 0.935. The fraction of sp³-hybridized carbons (Fsp3) is 1.00. The van der Waals surface area contributed by atoms with Crippen molar-refractivity contribution in [3.05, 3.63) is 0 Å². The molecule has 18 heavy (non-hydrogen) atoms. The first-order valence-electron chi connectivity index (χ1n) is 3.68. The summed E-state index contributed by atoms with van der Waals surface area (Å²) >= 11 is 0. The predicted octanol–water partition coefficient (Wildman–Crippen LogP) is 4.65. The molecule has 0 saturated heterocycles. The molecule has 0 saturated carbocycles. The van der Waals surface area contributed by atoms with Crippen LogP contribution >= 0.6 is 0 Å². The van der Waals surface area contributed by atoms with E-state index < -0.39 is 37.5 Å². The highest BCUT2D eigenvalue weighted by Gasteiger charge is 2.46. The Labute approximate surface area is 91.6 Å². The summed E-state index contributed by atoms with van der Waals surface area (Å²) < 4.78 is 130. The molecule has 0 aliphatic carbocycles. The fourth-order valence-corrected chi connectivity index (χ4v) is 0.370. The second kappa shape index (κ2) is 6.36. The molecule has 0 heterocycles. The number of hydrogen-bond acceptors (Lipinski definition) is 0. The van der Waals surface area contributed by atoms with Crippen molar-refractivity contribution in [2.75, 3.05) is 0 Å². The minimum Gasteiger partial charge on any atom is -0.231 e. The summed E-state index contributed by atoms with van der Waals surface area (Å²) in [4.78, 5) is 0. The number of alkyl halides is 12. The van der Waals surface area contributed by atoms with Crippen molar-refractivity contribution in [2.45, 2.75) is 37.5 Å². The molecule has 0 rings (SSSR count). The Morgan fingerprint density at radius 3 is 0.889 bits per heavy atom. The van der Waals surface area contributed by atoms with Gasteiger partial charge in [-0.05, 0) is 0 Å². The minimum absolute atomic E-state index is 2.71. The van der Waals surface area contributed by atoms with Gasteiger partial charge in [-0.2, -0.15) is 39.5 Å². The van der Waals surface area contributed by atoms with Crippen LogP contribution < -0.4 is 0 Å². The standard InChI is InChI=1S/2C3H2F6/c4-2(5,6)1-3(7,8)9;4-1(2(5)6)3(7,8)9/h1H2;1-2H. The monoisotopic (exact) mass is 304 g/mol. The van der Waals surface area contributed by atoms with Crippen LogP contribution in [0.15, 0.2) is 0 Å². The van der Waals surface area contributed by atoms with E-state index in [4.69, 9.17) is 0 Å². The molecule has 0 aromatic heterocycles. The molecule has 0 aliphatic rings. The summed E-state index contributed by atoms with van der Waals surface area (Å²) in [6.45, 7) is 0. The van der Waals surface area contributed by atoms with Crippen LogP contribution in [0.25, 0.3) is 0 Å². The fourth-order valence-electron chi connectivity index (χ4n) is 0.370. The van der Waals surface area contributed by atoms with Gasteiger partial charge in [0.05, 0.1) is 0 Å². The van der Waals surface area contributed by atoms with Crippen molar-refractivity contribution in [3.63, 3.8) is 0 Å². The lowest BCUT2D eigenvalue weighted by Gasteiger charge is -2.09. The lowest BCUT2D eigenvalue weighted by atomic mass is 10.4. The molecule has 0 fully saturated rings. The molecule has 112 valence electrons. The average molecular weight is 304 g/mol. The van der Waals surface area contributed by atoms with Gasteiger partial charge in [0.15, 0.2) is 0 Å². The van der Waals surface area contributed by atoms with E-state index in [1.165, 1.54) is 0 Å². The average Bonchev–Trinajstić information content (AvgIpc) is 1.94. The lowest BCUT2D eigenvalue weighted by molar-refractivity contribution is -0.232. The lowest BCUT2D eigenvalue weighted by Crippen LogP contribution is -2.30. The SMILES string of the molecule is FC(F)(F)CC(F)(F)F.FC(F)C(F)C(F)(F)F. The normalized spacial score (nSPS) is 15.2. The molecular weight excluding hydrogens is 300 g/mol. The van der Waals surface area contributed by atoms with E-state index in [2.05, 4.69) is 0 Å². The van der Waals surface area contributed by atoms with Gasteiger partial charge in [0.1, 0.15) is 6.42 Å². The Balaban J connectivity index is 0. The molecule has 12 heteroatoms. The Morgan fingerprint density at radius 1 is 0.611 bits per heavy atom. The number of halogens is 12. The molecule has 0 aromatic carbocycles. The zero-order valence-electron chi connectivity index (χ0n) is 7.90. The zero-order chi connectivity index (χ0) is 15.4. The van der Waals surface area contributed by atoms with E-state index >= 15 is 0 Å². The quantitative estimate of drug-likeness (QED) is 0.618. The molecule has 0 aromatic rings. The maximum Gasteiger partial charge on any atom is 0.425 e. The second-order valence-electron chi connectivity index (χ2n) is 2.68. The van der Waals surface area contributed by atoms with E-state index in [9.17, 15) is 52.7 Å². The predicted molar refractivity (Wildman–Crippen MR) is 33.7 cm³/mol. The molecule has 1 atom stereocenters. The van der Waals surface area contributed by atoms with Crippen molar-refractivity contribution >= 4 is 0 Å². The molecule has 1 unspecified atom stereocenters. The van der Waals surface area contributed by atoms with Gasteiger partial charge in [-0.15, -0.1) is 0 Å².